The van der Waals surface area contributed by atoms with Crippen LogP contribution in [-0.4, -0.2) is 35.6 Å². The smallest absolute Gasteiger partial charge is 0.327 e. The maximum absolute atomic E-state index is 12.2. The zero-order valence-corrected chi connectivity index (χ0v) is 14.4. The predicted molar refractivity (Wildman–Crippen MR) is 93.6 cm³/mol. The third-order valence-corrected chi connectivity index (χ3v) is 4.61. The van der Waals surface area contributed by atoms with Crippen molar-refractivity contribution in [2.75, 3.05) is 12.0 Å². The van der Waals surface area contributed by atoms with Crippen molar-refractivity contribution in [3.05, 3.63) is 47.7 Å². The molecule has 1 atom stereocenters. The van der Waals surface area contributed by atoms with Gasteiger partial charge in [0, 0.05) is 12.8 Å². The van der Waals surface area contributed by atoms with Gasteiger partial charge in [-0.15, -0.1) is 0 Å². The summed E-state index contributed by atoms with van der Waals surface area (Å²) in [6.07, 6.45) is 3.85. The largest absolute Gasteiger partial charge is 0.432 e. The van der Waals surface area contributed by atoms with Crippen LogP contribution in [0, 0.1) is 0 Å². The highest BCUT2D eigenvalue weighted by atomic mass is 32.2. The minimum absolute atomic E-state index is 0.0485. The quantitative estimate of drug-likeness (QED) is 0.367. The van der Waals surface area contributed by atoms with E-state index in [0.717, 1.165) is 17.6 Å². The highest BCUT2D eigenvalue weighted by Gasteiger charge is 2.32. The molecule has 6 heteroatoms. The summed E-state index contributed by atoms with van der Waals surface area (Å²) >= 11 is 1.58. The van der Waals surface area contributed by atoms with E-state index in [1.165, 1.54) is 0 Å². The Morgan fingerprint density at radius 3 is 2.50 bits per heavy atom. The molecule has 0 heterocycles. The van der Waals surface area contributed by atoms with Crippen molar-refractivity contribution in [2.45, 2.75) is 31.2 Å². The van der Waals surface area contributed by atoms with E-state index in [2.05, 4.69) is 0 Å². The van der Waals surface area contributed by atoms with E-state index >= 15 is 0 Å². The van der Waals surface area contributed by atoms with Crippen LogP contribution < -0.4 is 5.73 Å². The third kappa shape index (κ3) is 4.79. The first-order valence-corrected chi connectivity index (χ1v) is 9.18. The standard InChI is InChI=1S/C18H21NO4S/c1-24-8-7-15(19)18(22)23-11-14-16(20)9-13(10-17(14)21)12-5-3-2-4-6-12/h2-6,11,13,15H,7-10,19H2,1H3. The van der Waals surface area contributed by atoms with Crippen molar-refractivity contribution in [1.82, 2.24) is 0 Å². The molecule has 0 bridgehead atoms. The Morgan fingerprint density at radius 1 is 1.29 bits per heavy atom. The summed E-state index contributed by atoms with van der Waals surface area (Å²) in [7, 11) is 0. The lowest BCUT2D eigenvalue weighted by atomic mass is 9.80. The van der Waals surface area contributed by atoms with Crippen LogP contribution in [0.3, 0.4) is 0 Å². The Labute approximate surface area is 145 Å². The first-order valence-electron chi connectivity index (χ1n) is 7.79. The van der Waals surface area contributed by atoms with E-state index in [0.29, 0.717) is 6.42 Å². The van der Waals surface area contributed by atoms with Crippen LogP contribution in [0.25, 0.3) is 0 Å². The number of ketones is 2. The average Bonchev–Trinajstić information content (AvgIpc) is 2.59. The molecule has 1 aliphatic rings. The predicted octanol–water partition coefficient (Wildman–Crippen LogP) is 2.21. The van der Waals surface area contributed by atoms with Crippen molar-refractivity contribution in [3.63, 3.8) is 0 Å². The summed E-state index contributed by atoms with van der Waals surface area (Å²) in [4.78, 5) is 36.2. The molecule has 2 rings (SSSR count). The molecule has 1 aromatic carbocycles. The van der Waals surface area contributed by atoms with Crippen LogP contribution >= 0.6 is 11.8 Å². The molecule has 128 valence electrons. The fourth-order valence-electron chi connectivity index (χ4n) is 2.55. The molecule has 24 heavy (non-hydrogen) atoms. The fraction of sp³-hybridized carbons (Fsp3) is 0.389. The first kappa shape index (κ1) is 18.4. The first-order chi connectivity index (χ1) is 11.5. The number of allylic oxidation sites excluding steroid dienone is 1. The zero-order valence-electron chi connectivity index (χ0n) is 13.6. The van der Waals surface area contributed by atoms with Gasteiger partial charge in [0.2, 0.25) is 0 Å². The van der Waals surface area contributed by atoms with Gasteiger partial charge in [-0.1, -0.05) is 30.3 Å². The number of rotatable bonds is 6. The second-order valence-corrected chi connectivity index (χ2v) is 6.70. The molecule has 1 fully saturated rings. The number of thioether (sulfide) groups is 1. The Morgan fingerprint density at radius 2 is 1.92 bits per heavy atom. The SMILES string of the molecule is CSCCC(N)C(=O)OC=C1C(=O)CC(c2ccccc2)CC1=O. The van der Waals surface area contributed by atoms with E-state index in [9.17, 15) is 14.4 Å². The number of hydrogen-bond donors (Lipinski definition) is 1. The molecular weight excluding hydrogens is 326 g/mol. The fourth-order valence-corrected chi connectivity index (χ4v) is 3.04. The Hall–Kier alpha value is -1.92. The van der Waals surface area contributed by atoms with Gasteiger partial charge in [0.05, 0.1) is 5.57 Å². The monoisotopic (exact) mass is 347 g/mol. The van der Waals surface area contributed by atoms with Gasteiger partial charge in [0.25, 0.3) is 0 Å². The minimum Gasteiger partial charge on any atom is -0.432 e. The number of ether oxygens (including phenoxy) is 1. The summed E-state index contributed by atoms with van der Waals surface area (Å²) in [5, 5.41) is 0. The average molecular weight is 347 g/mol. The Bertz CT molecular complexity index is 622. The van der Waals surface area contributed by atoms with E-state index < -0.39 is 12.0 Å². The second-order valence-electron chi connectivity index (χ2n) is 5.72. The van der Waals surface area contributed by atoms with E-state index in [1.807, 2.05) is 36.6 Å². The number of hydrogen-bond acceptors (Lipinski definition) is 6. The van der Waals surface area contributed by atoms with Gasteiger partial charge in [-0.3, -0.25) is 9.59 Å². The van der Waals surface area contributed by atoms with Crippen LogP contribution in [0.1, 0.15) is 30.7 Å². The summed E-state index contributed by atoms with van der Waals surface area (Å²) in [6, 6.07) is 8.72. The van der Waals surface area contributed by atoms with Gasteiger partial charge < -0.3 is 10.5 Å². The molecule has 1 saturated carbocycles. The summed E-state index contributed by atoms with van der Waals surface area (Å²) in [5.41, 5.74) is 6.62. The molecule has 0 aliphatic heterocycles. The van der Waals surface area contributed by atoms with E-state index in [-0.39, 0.29) is 35.9 Å². The zero-order chi connectivity index (χ0) is 17.5. The van der Waals surface area contributed by atoms with E-state index in [1.54, 1.807) is 11.8 Å². The van der Waals surface area contributed by atoms with Crippen molar-refractivity contribution in [3.8, 4) is 0 Å². The van der Waals surface area contributed by atoms with E-state index in [4.69, 9.17) is 10.5 Å². The molecule has 0 spiro atoms. The number of benzene rings is 1. The molecular formula is C18H21NO4S. The number of Topliss-reactive ketones (excluding diaryl/α,β-unsaturated/α-hetero) is 2. The number of carbonyl (C=O) groups excluding carboxylic acids is 3. The van der Waals surface area contributed by atoms with Crippen molar-refractivity contribution >= 4 is 29.3 Å². The Balaban J connectivity index is 1.99. The number of esters is 1. The van der Waals surface area contributed by atoms with Gasteiger partial charge in [-0.2, -0.15) is 11.8 Å². The summed E-state index contributed by atoms with van der Waals surface area (Å²) in [6.45, 7) is 0. The Kier molecular flexibility index (Phi) is 6.75. The second kappa shape index (κ2) is 8.80. The normalized spacial score (nSPS) is 19.1. The molecule has 5 nitrogen and oxygen atoms in total. The molecule has 0 aromatic heterocycles. The third-order valence-electron chi connectivity index (χ3n) is 3.96. The van der Waals surface area contributed by atoms with Crippen molar-refractivity contribution in [2.24, 2.45) is 5.73 Å². The lowest BCUT2D eigenvalue weighted by Gasteiger charge is -2.22. The molecule has 0 radical (unpaired) electrons. The molecule has 0 saturated heterocycles. The van der Waals surface area contributed by atoms with Gasteiger partial charge in [0.1, 0.15) is 12.3 Å². The van der Waals surface area contributed by atoms with Crippen LogP contribution in [0.4, 0.5) is 0 Å². The highest BCUT2D eigenvalue weighted by Crippen LogP contribution is 2.31. The topological polar surface area (TPSA) is 86.5 Å². The maximum atomic E-state index is 12.2. The lowest BCUT2D eigenvalue weighted by Crippen LogP contribution is -2.32. The highest BCUT2D eigenvalue weighted by molar-refractivity contribution is 7.98. The molecule has 0 amide bonds. The van der Waals surface area contributed by atoms with Gasteiger partial charge in [-0.25, -0.2) is 4.79 Å². The van der Waals surface area contributed by atoms with Gasteiger partial charge >= 0.3 is 5.97 Å². The van der Waals surface area contributed by atoms with Crippen molar-refractivity contribution < 1.29 is 19.1 Å². The maximum Gasteiger partial charge on any atom is 0.327 e. The van der Waals surface area contributed by atoms with Crippen LogP contribution in [0.15, 0.2) is 42.2 Å². The number of carbonyl (C=O) groups is 3. The van der Waals surface area contributed by atoms with Crippen molar-refractivity contribution in [1.29, 1.82) is 0 Å². The molecule has 2 N–H and O–H groups in total. The minimum atomic E-state index is -0.750. The van der Waals surface area contributed by atoms with Crippen LogP contribution in [0.5, 0.6) is 0 Å². The van der Waals surface area contributed by atoms with Crippen LogP contribution in [0.2, 0.25) is 0 Å². The van der Waals surface area contributed by atoms with Gasteiger partial charge in [-0.05, 0) is 29.9 Å². The summed E-state index contributed by atoms with van der Waals surface area (Å²) in [5.74, 6) is -0.606. The van der Waals surface area contributed by atoms with Crippen LogP contribution in [-0.2, 0) is 19.1 Å². The summed E-state index contributed by atoms with van der Waals surface area (Å²) < 4.78 is 4.95. The number of nitrogens with two attached hydrogens (primary N) is 1. The molecule has 1 unspecified atom stereocenters. The molecule has 1 aliphatic carbocycles. The lowest BCUT2D eigenvalue weighted by molar-refractivity contribution is -0.139. The van der Waals surface area contributed by atoms with Gasteiger partial charge in [0.15, 0.2) is 11.6 Å². The molecule has 1 aromatic rings.